The average Bonchev–Trinajstić information content (AvgIpc) is 3.15. The molecule has 3 unspecified atom stereocenters. The zero-order valence-electron chi connectivity index (χ0n) is 14.8. The molecule has 124 valence electrons. The summed E-state index contributed by atoms with van der Waals surface area (Å²) in [6.45, 7) is 2.20. The van der Waals surface area contributed by atoms with E-state index in [4.69, 9.17) is 0 Å². The highest BCUT2D eigenvalue weighted by molar-refractivity contribution is 5.86. The summed E-state index contributed by atoms with van der Waals surface area (Å²) in [5.74, 6) is 0.895. The third-order valence-electron chi connectivity index (χ3n) is 6.62. The normalized spacial score (nSPS) is 26.5. The van der Waals surface area contributed by atoms with Crippen LogP contribution in [0.1, 0.15) is 33.7 Å². The lowest BCUT2D eigenvalue weighted by Crippen LogP contribution is -2.32. The summed E-state index contributed by atoms with van der Waals surface area (Å²) in [5, 5.41) is 0. The Balaban J connectivity index is 1.80. The van der Waals surface area contributed by atoms with E-state index in [2.05, 4.69) is 98.0 Å². The maximum Gasteiger partial charge on any atom is 0.0537 e. The summed E-state index contributed by atoms with van der Waals surface area (Å²) in [4.78, 5) is 0. The van der Waals surface area contributed by atoms with Crippen molar-refractivity contribution in [3.63, 3.8) is 0 Å². The van der Waals surface area contributed by atoms with Gasteiger partial charge in [-0.15, -0.1) is 0 Å². The Bertz CT molecular complexity index is 1110. The van der Waals surface area contributed by atoms with Crippen molar-refractivity contribution < 1.29 is 0 Å². The molecule has 3 aromatic carbocycles. The van der Waals surface area contributed by atoms with Gasteiger partial charge in [0.1, 0.15) is 0 Å². The molecule has 0 fully saturated rings. The number of allylic oxidation sites excluding steroid dienone is 4. The number of hydrogen-bond donors (Lipinski definition) is 0. The number of benzene rings is 3. The first kappa shape index (κ1) is 14.3. The van der Waals surface area contributed by atoms with Crippen molar-refractivity contribution >= 4 is 0 Å². The van der Waals surface area contributed by atoms with E-state index >= 15 is 0 Å². The molecular formula is C26H20. The molecule has 3 aliphatic rings. The number of aryl methyl sites for hydroxylation is 1. The van der Waals surface area contributed by atoms with Gasteiger partial charge < -0.3 is 0 Å². The Labute approximate surface area is 154 Å². The predicted molar refractivity (Wildman–Crippen MR) is 107 cm³/mol. The third-order valence-corrected chi connectivity index (χ3v) is 6.62. The molecule has 0 heteroatoms. The van der Waals surface area contributed by atoms with Crippen LogP contribution in [0.5, 0.6) is 0 Å². The van der Waals surface area contributed by atoms with Gasteiger partial charge in [0.15, 0.2) is 0 Å². The van der Waals surface area contributed by atoms with E-state index in [1.807, 2.05) is 0 Å². The van der Waals surface area contributed by atoms with Crippen LogP contribution in [0.4, 0.5) is 0 Å². The summed E-state index contributed by atoms with van der Waals surface area (Å²) in [7, 11) is 0. The molecule has 0 nitrogen and oxygen atoms in total. The van der Waals surface area contributed by atoms with Crippen molar-refractivity contribution in [3.8, 4) is 11.1 Å². The fraction of sp³-hybridized carbons (Fsp3) is 0.154. The number of rotatable bonds is 0. The molecular weight excluding hydrogens is 312 g/mol. The van der Waals surface area contributed by atoms with Gasteiger partial charge in [-0.3, -0.25) is 0 Å². The van der Waals surface area contributed by atoms with E-state index in [9.17, 15) is 0 Å². The zero-order chi connectivity index (χ0) is 17.3. The standard InChI is InChI=1S/C26H20/c1-17-14-15-25-21(16-17)20-10-4-7-13-24(20)26(25)22-11-5-2-8-18(22)19-9-3-6-12-23(19)26/h2-16,18,22H,1H3. The molecule has 0 saturated heterocycles. The molecule has 0 heterocycles. The number of hydrogen-bond acceptors (Lipinski definition) is 0. The molecule has 6 rings (SSSR count). The molecule has 0 radical (unpaired) electrons. The summed E-state index contributed by atoms with van der Waals surface area (Å²) in [6, 6.07) is 25.2. The van der Waals surface area contributed by atoms with E-state index in [1.54, 1.807) is 0 Å². The third kappa shape index (κ3) is 1.52. The highest BCUT2D eigenvalue weighted by Gasteiger charge is 2.56. The average molecular weight is 332 g/mol. The lowest BCUT2D eigenvalue weighted by molar-refractivity contribution is 0.465. The molecule has 3 aliphatic carbocycles. The first-order chi connectivity index (χ1) is 12.8. The van der Waals surface area contributed by atoms with Gasteiger partial charge >= 0.3 is 0 Å². The van der Waals surface area contributed by atoms with Gasteiger partial charge in [0.05, 0.1) is 5.41 Å². The molecule has 0 amide bonds. The van der Waals surface area contributed by atoms with Gasteiger partial charge in [0.2, 0.25) is 0 Å². The van der Waals surface area contributed by atoms with Gasteiger partial charge in [-0.25, -0.2) is 0 Å². The highest BCUT2D eigenvalue weighted by atomic mass is 14.6. The molecule has 3 atom stereocenters. The van der Waals surface area contributed by atoms with E-state index in [-0.39, 0.29) is 5.41 Å². The fourth-order valence-electron chi connectivity index (χ4n) is 5.73. The van der Waals surface area contributed by atoms with Crippen molar-refractivity contribution in [1.82, 2.24) is 0 Å². The lowest BCUT2D eigenvalue weighted by atomic mass is 9.65. The quantitative estimate of drug-likeness (QED) is 0.463. The van der Waals surface area contributed by atoms with Gasteiger partial charge in [-0.2, -0.15) is 0 Å². The first-order valence-electron chi connectivity index (χ1n) is 9.47. The van der Waals surface area contributed by atoms with Crippen molar-refractivity contribution in [3.05, 3.63) is 119 Å². The van der Waals surface area contributed by atoms with Crippen molar-refractivity contribution in [1.29, 1.82) is 0 Å². The maximum atomic E-state index is 2.44. The molecule has 0 N–H and O–H groups in total. The van der Waals surface area contributed by atoms with Crippen LogP contribution in [0.15, 0.2) is 91.0 Å². The van der Waals surface area contributed by atoms with Crippen molar-refractivity contribution in [2.24, 2.45) is 5.92 Å². The van der Waals surface area contributed by atoms with Gasteiger partial charge in [0.25, 0.3) is 0 Å². The minimum absolute atomic E-state index is 0.0673. The molecule has 26 heavy (non-hydrogen) atoms. The summed E-state index contributed by atoms with van der Waals surface area (Å²) in [6.07, 6.45) is 9.29. The molecule has 0 bridgehead atoms. The van der Waals surface area contributed by atoms with E-state index in [0.29, 0.717) is 11.8 Å². The van der Waals surface area contributed by atoms with E-state index in [0.717, 1.165) is 0 Å². The van der Waals surface area contributed by atoms with Crippen LogP contribution >= 0.6 is 0 Å². The number of fused-ring (bicyclic) bond motifs is 10. The monoisotopic (exact) mass is 332 g/mol. The smallest absolute Gasteiger partial charge is 0.0537 e. The SMILES string of the molecule is Cc1ccc2c(c1)-c1ccccc1C21c2ccccc2C2C=CC=CC21. The second-order valence-electron chi connectivity index (χ2n) is 7.81. The Morgan fingerprint density at radius 3 is 2.35 bits per heavy atom. The second kappa shape index (κ2) is 4.86. The molecule has 0 saturated carbocycles. The van der Waals surface area contributed by atoms with Gasteiger partial charge in [-0.1, -0.05) is 96.6 Å². The lowest BCUT2D eigenvalue weighted by Gasteiger charge is -2.36. The van der Waals surface area contributed by atoms with Crippen LogP contribution in [-0.4, -0.2) is 0 Å². The van der Waals surface area contributed by atoms with Crippen molar-refractivity contribution in [2.75, 3.05) is 0 Å². The Hall–Kier alpha value is -2.86. The largest absolute Gasteiger partial charge is 0.0789 e. The fourth-order valence-corrected chi connectivity index (χ4v) is 5.73. The Morgan fingerprint density at radius 2 is 1.42 bits per heavy atom. The van der Waals surface area contributed by atoms with Crippen LogP contribution in [0.3, 0.4) is 0 Å². The van der Waals surface area contributed by atoms with E-state index in [1.165, 1.54) is 38.9 Å². The Kier molecular flexibility index (Phi) is 2.68. The van der Waals surface area contributed by atoms with E-state index < -0.39 is 0 Å². The van der Waals surface area contributed by atoms with Gasteiger partial charge in [-0.05, 0) is 40.3 Å². The van der Waals surface area contributed by atoms with Gasteiger partial charge in [0, 0.05) is 11.8 Å². The maximum absolute atomic E-state index is 2.44. The van der Waals surface area contributed by atoms with Crippen LogP contribution in [0.25, 0.3) is 11.1 Å². The molecule has 3 aromatic rings. The van der Waals surface area contributed by atoms with Crippen LogP contribution in [0, 0.1) is 12.8 Å². The van der Waals surface area contributed by atoms with Crippen LogP contribution in [0.2, 0.25) is 0 Å². The van der Waals surface area contributed by atoms with Crippen LogP contribution < -0.4 is 0 Å². The zero-order valence-corrected chi connectivity index (χ0v) is 14.8. The summed E-state index contributed by atoms with van der Waals surface area (Å²) >= 11 is 0. The minimum atomic E-state index is -0.0673. The Morgan fingerprint density at radius 1 is 0.692 bits per heavy atom. The first-order valence-corrected chi connectivity index (χ1v) is 9.47. The predicted octanol–water partition coefficient (Wildman–Crippen LogP) is 6.15. The highest BCUT2D eigenvalue weighted by Crippen LogP contribution is 2.65. The topological polar surface area (TPSA) is 0 Å². The molecule has 0 aromatic heterocycles. The summed E-state index contributed by atoms with van der Waals surface area (Å²) in [5.41, 5.74) is 10.0. The van der Waals surface area contributed by atoms with Crippen molar-refractivity contribution in [2.45, 2.75) is 18.3 Å². The molecule has 0 aliphatic heterocycles. The molecule has 1 spiro atoms. The summed E-state index contributed by atoms with van der Waals surface area (Å²) < 4.78 is 0. The minimum Gasteiger partial charge on any atom is -0.0789 e. The second-order valence-corrected chi connectivity index (χ2v) is 7.81. The van der Waals surface area contributed by atoms with Crippen LogP contribution in [-0.2, 0) is 5.41 Å².